The molecular weight excluding hydrogens is 286 g/mol. The molecule has 0 atom stereocenters. The van der Waals surface area contributed by atoms with E-state index < -0.39 is 0 Å². The molecule has 0 spiro atoms. The van der Waals surface area contributed by atoms with Gasteiger partial charge in [0.05, 0.1) is 0 Å². The van der Waals surface area contributed by atoms with Crippen LogP contribution in [-0.4, -0.2) is 24.7 Å². The number of hydrazine groups is 1. The van der Waals surface area contributed by atoms with E-state index in [1.54, 1.807) is 19.2 Å². The SMILES string of the molecule is CNC(=S)NNC(=O)COc1cc(C)c(Cl)c(C)c1. The first kappa shape index (κ1) is 15.5. The number of halogens is 1. The minimum absolute atomic E-state index is 0.111. The lowest BCUT2D eigenvalue weighted by Gasteiger charge is -2.11. The molecule has 0 fully saturated rings. The summed E-state index contributed by atoms with van der Waals surface area (Å²) in [7, 11) is 1.65. The molecule has 0 bridgehead atoms. The van der Waals surface area contributed by atoms with Crippen molar-refractivity contribution in [2.24, 2.45) is 0 Å². The van der Waals surface area contributed by atoms with Crippen molar-refractivity contribution in [3.63, 3.8) is 0 Å². The first-order chi connectivity index (χ1) is 8.93. The van der Waals surface area contributed by atoms with Gasteiger partial charge in [0.2, 0.25) is 0 Å². The van der Waals surface area contributed by atoms with E-state index in [1.807, 2.05) is 13.8 Å². The van der Waals surface area contributed by atoms with Crippen LogP contribution in [0, 0.1) is 13.8 Å². The Hall–Kier alpha value is -1.53. The van der Waals surface area contributed by atoms with Crippen LogP contribution >= 0.6 is 23.8 Å². The standard InChI is InChI=1S/C12H16ClN3O2S/c1-7-4-9(5-8(2)11(7)13)18-6-10(17)15-16-12(19)14-3/h4-5H,6H2,1-3H3,(H,15,17)(H2,14,16,19). The maximum absolute atomic E-state index is 11.5. The van der Waals surface area contributed by atoms with Crippen molar-refractivity contribution >= 4 is 34.8 Å². The molecule has 0 heterocycles. The van der Waals surface area contributed by atoms with E-state index in [0.717, 1.165) is 11.1 Å². The number of carbonyl (C=O) groups excluding carboxylic acids is 1. The maximum Gasteiger partial charge on any atom is 0.276 e. The van der Waals surface area contributed by atoms with Crippen LogP contribution in [0.4, 0.5) is 0 Å². The molecule has 0 aliphatic carbocycles. The van der Waals surface area contributed by atoms with Gasteiger partial charge >= 0.3 is 0 Å². The Bertz CT molecular complexity index is 471. The number of benzene rings is 1. The first-order valence-electron chi connectivity index (χ1n) is 5.60. The number of hydrogen-bond acceptors (Lipinski definition) is 3. The summed E-state index contributed by atoms with van der Waals surface area (Å²) in [5, 5.41) is 3.70. The van der Waals surface area contributed by atoms with Crippen LogP contribution in [0.5, 0.6) is 5.75 Å². The van der Waals surface area contributed by atoms with Gasteiger partial charge in [-0.05, 0) is 49.3 Å². The van der Waals surface area contributed by atoms with Crippen LogP contribution in [-0.2, 0) is 4.79 Å². The highest BCUT2D eigenvalue weighted by atomic mass is 35.5. The molecule has 0 unspecified atom stereocenters. The fraction of sp³-hybridized carbons (Fsp3) is 0.333. The fourth-order valence-corrected chi connectivity index (χ4v) is 1.52. The highest BCUT2D eigenvalue weighted by molar-refractivity contribution is 7.80. The highest BCUT2D eigenvalue weighted by Crippen LogP contribution is 2.25. The largest absolute Gasteiger partial charge is 0.484 e. The summed E-state index contributed by atoms with van der Waals surface area (Å²) in [6.07, 6.45) is 0. The third-order valence-electron chi connectivity index (χ3n) is 2.32. The van der Waals surface area contributed by atoms with Crippen molar-refractivity contribution in [3.05, 3.63) is 28.3 Å². The van der Waals surface area contributed by atoms with Gasteiger partial charge in [0, 0.05) is 12.1 Å². The zero-order chi connectivity index (χ0) is 14.4. The Morgan fingerprint density at radius 1 is 1.32 bits per heavy atom. The minimum Gasteiger partial charge on any atom is -0.484 e. The van der Waals surface area contributed by atoms with Gasteiger partial charge in [0.15, 0.2) is 11.7 Å². The van der Waals surface area contributed by atoms with Crippen molar-refractivity contribution in [1.29, 1.82) is 0 Å². The summed E-state index contributed by atoms with van der Waals surface area (Å²) >= 11 is 10.9. The second-order valence-corrected chi connectivity index (χ2v) is 4.70. The number of thiocarbonyl (C=S) groups is 1. The Kier molecular flexibility index (Phi) is 5.85. The minimum atomic E-state index is -0.331. The summed E-state index contributed by atoms with van der Waals surface area (Å²) in [5.74, 6) is 0.272. The third kappa shape index (κ3) is 4.92. The van der Waals surface area contributed by atoms with Gasteiger partial charge in [0.25, 0.3) is 5.91 Å². The lowest BCUT2D eigenvalue weighted by atomic mass is 10.1. The quantitative estimate of drug-likeness (QED) is 0.583. The Balaban J connectivity index is 2.48. The molecule has 0 radical (unpaired) electrons. The lowest BCUT2D eigenvalue weighted by molar-refractivity contribution is -0.123. The van der Waals surface area contributed by atoms with Crippen LogP contribution in [0.1, 0.15) is 11.1 Å². The molecule has 1 aromatic rings. The summed E-state index contributed by atoms with van der Waals surface area (Å²) < 4.78 is 5.38. The van der Waals surface area contributed by atoms with Gasteiger partial charge in [-0.3, -0.25) is 15.6 Å². The molecule has 0 saturated carbocycles. The van der Waals surface area contributed by atoms with Crippen LogP contribution in [0.2, 0.25) is 5.02 Å². The van der Waals surface area contributed by atoms with Gasteiger partial charge in [0.1, 0.15) is 5.75 Å². The van der Waals surface area contributed by atoms with Crippen LogP contribution < -0.4 is 20.9 Å². The zero-order valence-electron chi connectivity index (χ0n) is 11.0. The Labute approximate surface area is 122 Å². The number of rotatable bonds is 3. The van der Waals surface area contributed by atoms with Crippen LogP contribution in [0.25, 0.3) is 0 Å². The molecule has 0 aliphatic heterocycles. The van der Waals surface area contributed by atoms with Gasteiger partial charge in [-0.25, -0.2) is 0 Å². The van der Waals surface area contributed by atoms with Crippen LogP contribution in [0.15, 0.2) is 12.1 Å². The monoisotopic (exact) mass is 301 g/mol. The number of hydrogen-bond donors (Lipinski definition) is 3. The van der Waals surface area contributed by atoms with Crippen LogP contribution in [0.3, 0.4) is 0 Å². The molecule has 1 amide bonds. The van der Waals surface area contributed by atoms with Crippen molar-refractivity contribution in [2.75, 3.05) is 13.7 Å². The predicted octanol–water partition coefficient (Wildman–Crippen LogP) is 1.46. The molecule has 0 saturated heterocycles. The number of carbonyl (C=O) groups is 1. The van der Waals surface area contributed by atoms with E-state index in [4.69, 9.17) is 28.6 Å². The van der Waals surface area contributed by atoms with E-state index in [-0.39, 0.29) is 12.5 Å². The average molecular weight is 302 g/mol. The molecule has 0 aliphatic rings. The normalized spacial score (nSPS) is 9.68. The molecule has 0 aromatic heterocycles. The Morgan fingerprint density at radius 2 is 1.89 bits per heavy atom. The number of ether oxygens (including phenoxy) is 1. The zero-order valence-corrected chi connectivity index (χ0v) is 12.5. The van der Waals surface area contributed by atoms with Crippen molar-refractivity contribution in [2.45, 2.75) is 13.8 Å². The second-order valence-electron chi connectivity index (χ2n) is 3.91. The highest BCUT2D eigenvalue weighted by Gasteiger charge is 2.06. The molecule has 3 N–H and O–H groups in total. The van der Waals surface area contributed by atoms with Crippen molar-refractivity contribution in [3.8, 4) is 5.75 Å². The van der Waals surface area contributed by atoms with Crippen molar-refractivity contribution < 1.29 is 9.53 Å². The van der Waals surface area contributed by atoms with Gasteiger partial charge in [-0.15, -0.1) is 0 Å². The van der Waals surface area contributed by atoms with Gasteiger partial charge < -0.3 is 10.1 Å². The summed E-state index contributed by atoms with van der Waals surface area (Å²) in [4.78, 5) is 11.5. The molecule has 5 nitrogen and oxygen atoms in total. The van der Waals surface area contributed by atoms with E-state index in [2.05, 4.69) is 16.2 Å². The van der Waals surface area contributed by atoms with E-state index >= 15 is 0 Å². The van der Waals surface area contributed by atoms with Gasteiger partial charge in [-0.1, -0.05) is 11.6 Å². The first-order valence-corrected chi connectivity index (χ1v) is 6.38. The summed E-state index contributed by atoms with van der Waals surface area (Å²) in [6, 6.07) is 3.57. The summed E-state index contributed by atoms with van der Waals surface area (Å²) in [5.41, 5.74) is 6.74. The smallest absolute Gasteiger partial charge is 0.276 e. The molecule has 19 heavy (non-hydrogen) atoms. The van der Waals surface area contributed by atoms with Gasteiger partial charge in [-0.2, -0.15) is 0 Å². The molecule has 7 heteroatoms. The molecular formula is C12H16ClN3O2S. The lowest BCUT2D eigenvalue weighted by Crippen LogP contribution is -2.47. The molecule has 1 rings (SSSR count). The second kappa shape index (κ2) is 7.16. The molecule has 1 aromatic carbocycles. The number of nitrogens with one attached hydrogen (secondary N) is 3. The maximum atomic E-state index is 11.5. The Morgan fingerprint density at radius 3 is 2.42 bits per heavy atom. The predicted molar refractivity (Wildman–Crippen MR) is 79.4 cm³/mol. The topological polar surface area (TPSA) is 62.4 Å². The van der Waals surface area contributed by atoms with E-state index in [1.165, 1.54) is 0 Å². The average Bonchev–Trinajstić information content (AvgIpc) is 2.39. The van der Waals surface area contributed by atoms with E-state index in [0.29, 0.717) is 15.9 Å². The number of amides is 1. The fourth-order valence-electron chi connectivity index (χ4n) is 1.36. The molecule has 104 valence electrons. The third-order valence-corrected chi connectivity index (χ3v) is 3.22. The summed E-state index contributed by atoms with van der Waals surface area (Å²) in [6.45, 7) is 3.66. The van der Waals surface area contributed by atoms with E-state index in [9.17, 15) is 4.79 Å². The van der Waals surface area contributed by atoms with Crippen molar-refractivity contribution in [1.82, 2.24) is 16.2 Å². The number of aryl methyl sites for hydroxylation is 2.